The minimum Gasteiger partial charge on any atom is -0.291 e. The number of benzene rings is 1. The summed E-state index contributed by atoms with van der Waals surface area (Å²) < 4.78 is 41.4. The molecule has 0 saturated heterocycles. The molecular weight excluding hydrogens is 409 g/mol. The van der Waals surface area contributed by atoms with E-state index in [2.05, 4.69) is 4.98 Å². The molecule has 1 atom stereocenters. The standard InChI is InChI=1S/C16H10ClF3N2O2S2/c17-11-9(16(18,19)20)4-8-12-13(11)26-6-7(10-2-1-3-25-10)5-22(12)15(24)21-14(8)23/h1-4,7H,5-6H2,(H,21,23,24). The molecule has 3 heterocycles. The highest BCUT2D eigenvalue weighted by Crippen LogP contribution is 2.45. The summed E-state index contributed by atoms with van der Waals surface area (Å²) in [5, 5.41) is 1.24. The van der Waals surface area contributed by atoms with Crippen LogP contribution in [0.2, 0.25) is 5.02 Å². The molecule has 1 N–H and O–H groups in total. The van der Waals surface area contributed by atoms with Gasteiger partial charge in [-0.15, -0.1) is 23.1 Å². The molecule has 26 heavy (non-hydrogen) atoms. The van der Waals surface area contributed by atoms with Crippen molar-refractivity contribution in [1.82, 2.24) is 9.55 Å². The fourth-order valence-corrected chi connectivity index (χ4v) is 5.65. The Bertz CT molecular complexity index is 1120. The zero-order valence-corrected chi connectivity index (χ0v) is 15.3. The lowest BCUT2D eigenvalue weighted by Gasteiger charge is -2.16. The predicted octanol–water partition coefficient (Wildman–Crippen LogP) is 4.31. The monoisotopic (exact) mass is 418 g/mol. The Balaban J connectivity index is 2.04. The van der Waals surface area contributed by atoms with Crippen LogP contribution < -0.4 is 11.2 Å². The number of rotatable bonds is 1. The maximum Gasteiger partial charge on any atom is 0.417 e. The fraction of sp³-hybridized carbons (Fsp3) is 0.250. The minimum atomic E-state index is -4.70. The van der Waals surface area contributed by atoms with Gasteiger partial charge >= 0.3 is 11.9 Å². The molecular formula is C16H10ClF3N2O2S2. The summed E-state index contributed by atoms with van der Waals surface area (Å²) in [7, 11) is 0. The Morgan fingerprint density at radius 2 is 2.08 bits per heavy atom. The van der Waals surface area contributed by atoms with Gasteiger partial charge in [-0.2, -0.15) is 13.2 Å². The van der Waals surface area contributed by atoms with E-state index in [0.717, 1.165) is 22.7 Å². The second-order valence-corrected chi connectivity index (χ2v) is 8.24. The lowest BCUT2D eigenvalue weighted by molar-refractivity contribution is -0.137. The van der Waals surface area contributed by atoms with Crippen LogP contribution in [-0.2, 0) is 12.7 Å². The van der Waals surface area contributed by atoms with E-state index in [9.17, 15) is 22.8 Å². The maximum atomic E-state index is 13.4. The van der Waals surface area contributed by atoms with Gasteiger partial charge in [-0.05, 0) is 17.5 Å². The van der Waals surface area contributed by atoms with Crippen molar-refractivity contribution in [3.63, 3.8) is 0 Å². The zero-order valence-electron chi connectivity index (χ0n) is 12.9. The molecule has 1 aliphatic rings. The van der Waals surface area contributed by atoms with Gasteiger partial charge in [0.15, 0.2) is 0 Å². The third-order valence-electron chi connectivity index (χ3n) is 4.26. The van der Waals surface area contributed by atoms with E-state index < -0.39 is 28.0 Å². The number of halogens is 4. The molecule has 136 valence electrons. The van der Waals surface area contributed by atoms with Crippen molar-refractivity contribution in [1.29, 1.82) is 0 Å². The van der Waals surface area contributed by atoms with E-state index in [1.165, 1.54) is 15.9 Å². The molecule has 1 aromatic carbocycles. The van der Waals surface area contributed by atoms with Crippen molar-refractivity contribution in [2.45, 2.75) is 23.5 Å². The minimum absolute atomic E-state index is 0.0791. The molecule has 2 aromatic heterocycles. The molecule has 0 bridgehead atoms. The summed E-state index contributed by atoms with van der Waals surface area (Å²) >= 11 is 8.72. The van der Waals surface area contributed by atoms with Crippen LogP contribution >= 0.6 is 34.7 Å². The van der Waals surface area contributed by atoms with Gasteiger partial charge in [0.25, 0.3) is 5.56 Å². The molecule has 4 nitrogen and oxygen atoms in total. The van der Waals surface area contributed by atoms with Crippen molar-refractivity contribution in [2.24, 2.45) is 0 Å². The average molecular weight is 419 g/mol. The summed E-state index contributed by atoms with van der Waals surface area (Å²) in [5.41, 5.74) is -2.40. The highest BCUT2D eigenvalue weighted by molar-refractivity contribution is 7.99. The second-order valence-electron chi connectivity index (χ2n) is 5.85. The molecule has 0 aliphatic carbocycles. The zero-order chi connectivity index (χ0) is 18.6. The number of thioether (sulfide) groups is 1. The number of H-pyrrole nitrogens is 1. The second kappa shape index (κ2) is 6.17. The first kappa shape index (κ1) is 17.7. The Kier molecular flexibility index (Phi) is 4.20. The van der Waals surface area contributed by atoms with Crippen molar-refractivity contribution >= 4 is 45.6 Å². The third-order valence-corrected chi connectivity index (χ3v) is 7.05. The number of nitrogens with one attached hydrogen (secondary N) is 1. The number of aromatic nitrogens is 2. The first-order chi connectivity index (χ1) is 12.3. The van der Waals surface area contributed by atoms with Crippen molar-refractivity contribution < 1.29 is 13.2 Å². The maximum absolute atomic E-state index is 13.4. The Morgan fingerprint density at radius 3 is 2.73 bits per heavy atom. The first-order valence-electron chi connectivity index (χ1n) is 7.50. The van der Waals surface area contributed by atoms with Gasteiger partial charge in [-0.3, -0.25) is 14.3 Å². The van der Waals surface area contributed by atoms with Crippen molar-refractivity contribution in [2.75, 3.05) is 5.75 Å². The summed E-state index contributed by atoms with van der Waals surface area (Å²) in [6.45, 7) is 0.258. The van der Waals surface area contributed by atoms with E-state index in [4.69, 9.17) is 11.6 Å². The molecule has 1 aliphatic heterocycles. The number of hydrogen-bond donors (Lipinski definition) is 1. The molecule has 1 unspecified atom stereocenters. The summed E-state index contributed by atoms with van der Waals surface area (Å²) in [6.07, 6.45) is -4.70. The molecule has 3 aromatic rings. The molecule has 0 saturated carbocycles. The quantitative estimate of drug-likeness (QED) is 0.640. The topological polar surface area (TPSA) is 54.9 Å². The molecule has 0 amide bonds. The van der Waals surface area contributed by atoms with Gasteiger partial charge in [-0.25, -0.2) is 4.79 Å². The normalized spacial score (nSPS) is 17.5. The van der Waals surface area contributed by atoms with Crippen LogP contribution in [0.5, 0.6) is 0 Å². The van der Waals surface area contributed by atoms with E-state index in [1.54, 1.807) is 0 Å². The molecule has 4 rings (SSSR count). The largest absolute Gasteiger partial charge is 0.417 e. The van der Waals surface area contributed by atoms with Crippen LogP contribution in [0.1, 0.15) is 16.4 Å². The highest BCUT2D eigenvalue weighted by atomic mass is 35.5. The Hall–Kier alpha value is -1.71. The van der Waals surface area contributed by atoms with Gasteiger partial charge in [0.05, 0.1) is 26.4 Å². The van der Waals surface area contributed by atoms with Crippen LogP contribution in [0, 0.1) is 0 Å². The van der Waals surface area contributed by atoms with E-state index >= 15 is 0 Å². The number of thiophene rings is 1. The molecule has 0 radical (unpaired) electrons. The van der Waals surface area contributed by atoms with Crippen LogP contribution in [0.4, 0.5) is 13.2 Å². The van der Waals surface area contributed by atoms with Crippen LogP contribution in [0.25, 0.3) is 10.9 Å². The third kappa shape index (κ3) is 2.78. The number of alkyl halides is 3. The summed E-state index contributed by atoms with van der Waals surface area (Å²) in [4.78, 5) is 27.8. The molecule has 10 heteroatoms. The van der Waals surface area contributed by atoms with E-state index in [-0.39, 0.29) is 28.3 Å². The fourth-order valence-electron chi connectivity index (χ4n) is 3.06. The Morgan fingerprint density at radius 1 is 1.31 bits per heavy atom. The lowest BCUT2D eigenvalue weighted by Crippen LogP contribution is -2.32. The van der Waals surface area contributed by atoms with Gasteiger partial charge in [0.2, 0.25) is 0 Å². The van der Waals surface area contributed by atoms with Crippen LogP contribution in [0.3, 0.4) is 0 Å². The smallest absolute Gasteiger partial charge is 0.291 e. The van der Waals surface area contributed by atoms with Gasteiger partial charge < -0.3 is 0 Å². The Labute approximate surface area is 157 Å². The van der Waals surface area contributed by atoms with E-state index in [0.29, 0.717) is 5.75 Å². The summed E-state index contributed by atoms with van der Waals surface area (Å²) in [6, 6.07) is 4.52. The van der Waals surface area contributed by atoms with Gasteiger partial charge in [-0.1, -0.05) is 17.7 Å². The van der Waals surface area contributed by atoms with Crippen LogP contribution in [0.15, 0.2) is 38.1 Å². The predicted molar refractivity (Wildman–Crippen MR) is 96.6 cm³/mol. The number of nitrogens with zero attached hydrogens (tertiary/aromatic N) is 1. The van der Waals surface area contributed by atoms with Gasteiger partial charge in [0.1, 0.15) is 0 Å². The van der Waals surface area contributed by atoms with Gasteiger partial charge in [0, 0.05) is 23.1 Å². The van der Waals surface area contributed by atoms with E-state index in [1.807, 2.05) is 17.5 Å². The van der Waals surface area contributed by atoms with Crippen molar-refractivity contribution in [3.05, 3.63) is 59.9 Å². The highest BCUT2D eigenvalue weighted by Gasteiger charge is 2.37. The SMILES string of the molecule is O=c1[nH]c(=O)n2c3c(c(Cl)c(C(F)(F)F)cc13)SCC(c1cccs1)C2. The number of aromatic amines is 1. The van der Waals surface area contributed by atoms with Crippen LogP contribution in [-0.4, -0.2) is 15.3 Å². The molecule has 0 fully saturated rings. The lowest BCUT2D eigenvalue weighted by atomic mass is 10.1. The van der Waals surface area contributed by atoms with Crippen molar-refractivity contribution in [3.8, 4) is 0 Å². The number of hydrogen-bond acceptors (Lipinski definition) is 4. The summed E-state index contributed by atoms with van der Waals surface area (Å²) in [5.74, 6) is 0.371. The average Bonchev–Trinajstić information content (AvgIpc) is 3.00. The molecule has 0 spiro atoms. The first-order valence-corrected chi connectivity index (χ1v) is 9.74.